The van der Waals surface area contributed by atoms with Crippen molar-refractivity contribution in [2.45, 2.75) is 24.6 Å². The van der Waals surface area contributed by atoms with Gasteiger partial charge in [-0.25, -0.2) is 4.98 Å². The van der Waals surface area contributed by atoms with Crippen molar-refractivity contribution < 1.29 is 18.0 Å². The second-order valence-corrected chi connectivity index (χ2v) is 7.73. The maximum absolute atomic E-state index is 12.8. The number of likely N-dealkylation sites (N-methyl/N-ethyl adjacent to an activating group) is 1. The molecule has 2 heterocycles. The van der Waals surface area contributed by atoms with Crippen LogP contribution < -0.4 is 5.32 Å². The summed E-state index contributed by atoms with van der Waals surface area (Å²) < 4.78 is 39.8. The van der Waals surface area contributed by atoms with E-state index in [0.29, 0.717) is 6.54 Å². The van der Waals surface area contributed by atoms with Crippen molar-refractivity contribution in [3.05, 3.63) is 71.2 Å². The van der Waals surface area contributed by atoms with Gasteiger partial charge < -0.3 is 14.6 Å². The zero-order chi connectivity index (χ0) is 20.8. The maximum Gasteiger partial charge on any atom is 0.434 e. The molecule has 5 nitrogen and oxygen atoms in total. The standard InChI is InChI=1S/C21H21F3N4O/c1-27(2)20(9-14-5-3-4-6-15(14)10-20)13-25-19(29)16-7-8-18-26-17(21(22,23)24)12-28(18)11-16/h3-8,11-12H,9-10,13H2,1-2H3,(H,25,29). The van der Waals surface area contributed by atoms with Crippen LogP contribution in [0.3, 0.4) is 0 Å². The van der Waals surface area contributed by atoms with Crippen LogP contribution in [-0.4, -0.2) is 46.4 Å². The number of carbonyl (C=O) groups is 1. The molecule has 2 aromatic heterocycles. The van der Waals surface area contributed by atoms with Crippen molar-refractivity contribution in [3.8, 4) is 0 Å². The fraction of sp³-hybridized carbons (Fsp3) is 0.333. The van der Waals surface area contributed by atoms with E-state index in [-0.39, 0.29) is 22.7 Å². The topological polar surface area (TPSA) is 49.6 Å². The van der Waals surface area contributed by atoms with Crippen LogP contribution in [0.15, 0.2) is 48.8 Å². The number of halogens is 3. The van der Waals surface area contributed by atoms with Crippen LogP contribution in [0.2, 0.25) is 0 Å². The molecule has 152 valence electrons. The third-order valence-corrected chi connectivity index (χ3v) is 5.69. The Morgan fingerprint density at radius 1 is 1.14 bits per heavy atom. The van der Waals surface area contributed by atoms with Crippen molar-refractivity contribution >= 4 is 11.6 Å². The number of hydrogen-bond acceptors (Lipinski definition) is 3. The van der Waals surface area contributed by atoms with Crippen LogP contribution in [0.1, 0.15) is 27.2 Å². The number of nitrogens with one attached hydrogen (secondary N) is 1. The minimum absolute atomic E-state index is 0.143. The Labute approximate surface area is 166 Å². The molecule has 0 atom stereocenters. The quantitative estimate of drug-likeness (QED) is 0.729. The van der Waals surface area contributed by atoms with E-state index in [1.807, 2.05) is 26.2 Å². The fourth-order valence-corrected chi connectivity index (χ4v) is 3.88. The lowest BCUT2D eigenvalue weighted by Crippen LogP contribution is -2.53. The van der Waals surface area contributed by atoms with Crippen LogP contribution in [0.5, 0.6) is 0 Å². The lowest BCUT2D eigenvalue weighted by molar-refractivity contribution is -0.140. The highest BCUT2D eigenvalue weighted by Crippen LogP contribution is 2.33. The number of carbonyl (C=O) groups excluding carboxylic acids is 1. The Kier molecular flexibility index (Phi) is 4.61. The van der Waals surface area contributed by atoms with Crippen LogP contribution in [0.4, 0.5) is 13.2 Å². The summed E-state index contributed by atoms with van der Waals surface area (Å²) in [5, 5.41) is 2.96. The van der Waals surface area contributed by atoms with E-state index in [9.17, 15) is 18.0 Å². The summed E-state index contributed by atoms with van der Waals surface area (Å²) in [6.45, 7) is 0.434. The highest BCUT2D eigenvalue weighted by atomic mass is 19.4. The number of aromatic nitrogens is 2. The zero-order valence-corrected chi connectivity index (χ0v) is 16.1. The van der Waals surface area contributed by atoms with E-state index < -0.39 is 11.9 Å². The summed E-state index contributed by atoms with van der Waals surface area (Å²) in [6.07, 6.45) is -0.610. The van der Waals surface area contributed by atoms with E-state index >= 15 is 0 Å². The molecule has 3 aromatic rings. The van der Waals surface area contributed by atoms with Crippen molar-refractivity contribution in [3.63, 3.8) is 0 Å². The van der Waals surface area contributed by atoms with Crippen molar-refractivity contribution in [2.24, 2.45) is 0 Å². The van der Waals surface area contributed by atoms with Crippen LogP contribution >= 0.6 is 0 Å². The minimum Gasteiger partial charge on any atom is -0.350 e. The van der Waals surface area contributed by atoms with Gasteiger partial charge in [-0.1, -0.05) is 24.3 Å². The van der Waals surface area contributed by atoms with Gasteiger partial charge in [0, 0.05) is 24.5 Å². The first-order valence-electron chi connectivity index (χ1n) is 9.26. The molecule has 0 bridgehead atoms. The molecule has 0 saturated heterocycles. The Morgan fingerprint density at radius 3 is 2.38 bits per heavy atom. The van der Waals surface area contributed by atoms with Gasteiger partial charge >= 0.3 is 6.18 Å². The summed E-state index contributed by atoms with van der Waals surface area (Å²) in [6, 6.07) is 11.1. The summed E-state index contributed by atoms with van der Waals surface area (Å²) in [7, 11) is 3.99. The second-order valence-electron chi connectivity index (χ2n) is 7.73. The van der Waals surface area contributed by atoms with Gasteiger partial charge in [0.25, 0.3) is 5.91 Å². The van der Waals surface area contributed by atoms with E-state index in [0.717, 1.165) is 19.0 Å². The first-order valence-corrected chi connectivity index (χ1v) is 9.26. The smallest absolute Gasteiger partial charge is 0.350 e. The van der Waals surface area contributed by atoms with Gasteiger partial charge in [0.1, 0.15) is 5.65 Å². The summed E-state index contributed by atoms with van der Waals surface area (Å²) >= 11 is 0. The third-order valence-electron chi connectivity index (χ3n) is 5.69. The van der Waals surface area contributed by atoms with Crippen molar-refractivity contribution in [1.29, 1.82) is 0 Å². The van der Waals surface area contributed by atoms with Crippen LogP contribution in [0.25, 0.3) is 5.65 Å². The summed E-state index contributed by atoms with van der Waals surface area (Å²) in [5.41, 5.74) is 1.76. The number of rotatable bonds is 4. The van der Waals surface area contributed by atoms with E-state index in [2.05, 4.69) is 27.3 Å². The van der Waals surface area contributed by atoms with E-state index in [4.69, 9.17) is 0 Å². The first kappa shape index (κ1) is 19.4. The van der Waals surface area contributed by atoms with Crippen molar-refractivity contribution in [1.82, 2.24) is 19.6 Å². The molecule has 0 spiro atoms. The van der Waals surface area contributed by atoms with Gasteiger partial charge in [0.2, 0.25) is 0 Å². The molecule has 4 rings (SSSR count). The molecule has 0 fully saturated rings. The third kappa shape index (κ3) is 3.60. The Morgan fingerprint density at radius 2 is 1.79 bits per heavy atom. The monoisotopic (exact) mass is 402 g/mol. The maximum atomic E-state index is 12.8. The SMILES string of the molecule is CN(C)C1(CNC(=O)c2ccc3nc(C(F)(F)F)cn3c2)Cc2ccccc2C1. The average molecular weight is 402 g/mol. The van der Waals surface area contributed by atoms with E-state index in [1.165, 1.54) is 33.9 Å². The molecule has 1 N–H and O–H groups in total. The number of amides is 1. The molecular weight excluding hydrogens is 381 g/mol. The molecule has 1 amide bonds. The number of fused-ring (bicyclic) bond motifs is 2. The highest BCUT2D eigenvalue weighted by molar-refractivity contribution is 5.94. The normalized spacial score (nSPS) is 15.7. The highest BCUT2D eigenvalue weighted by Gasteiger charge is 2.39. The molecule has 1 aromatic carbocycles. The molecular formula is C21H21F3N4O. The molecule has 0 radical (unpaired) electrons. The lowest BCUT2D eigenvalue weighted by atomic mass is 9.94. The van der Waals surface area contributed by atoms with Crippen LogP contribution in [-0.2, 0) is 19.0 Å². The van der Waals surface area contributed by atoms with Gasteiger partial charge in [-0.15, -0.1) is 0 Å². The number of hydrogen-bond donors (Lipinski definition) is 1. The van der Waals surface area contributed by atoms with Gasteiger partial charge in [-0.3, -0.25) is 4.79 Å². The fourth-order valence-electron chi connectivity index (χ4n) is 3.88. The number of imidazole rings is 1. The number of benzene rings is 1. The second kappa shape index (κ2) is 6.88. The summed E-state index contributed by atoms with van der Waals surface area (Å²) in [4.78, 5) is 18.4. The molecule has 1 aliphatic rings. The van der Waals surface area contributed by atoms with Gasteiger partial charge in [0.15, 0.2) is 5.69 Å². The molecule has 0 aliphatic heterocycles. The molecule has 1 aliphatic carbocycles. The Balaban J connectivity index is 1.52. The number of nitrogens with zero attached hydrogens (tertiary/aromatic N) is 3. The predicted octanol–water partition coefficient (Wildman–Crippen LogP) is 3.18. The van der Waals surface area contributed by atoms with Gasteiger partial charge in [0.05, 0.1) is 5.56 Å². The Bertz CT molecular complexity index is 1050. The van der Waals surface area contributed by atoms with Gasteiger partial charge in [-0.2, -0.15) is 13.2 Å². The number of alkyl halides is 3. The lowest BCUT2D eigenvalue weighted by Gasteiger charge is -2.36. The van der Waals surface area contributed by atoms with Gasteiger partial charge in [-0.05, 0) is 50.2 Å². The minimum atomic E-state index is -4.52. The largest absolute Gasteiger partial charge is 0.434 e. The first-order chi connectivity index (χ1) is 13.7. The zero-order valence-electron chi connectivity index (χ0n) is 16.1. The molecule has 0 saturated carbocycles. The van der Waals surface area contributed by atoms with Crippen molar-refractivity contribution in [2.75, 3.05) is 20.6 Å². The molecule has 0 unspecified atom stereocenters. The Hall–Kier alpha value is -2.87. The van der Waals surface area contributed by atoms with Crippen LogP contribution in [0, 0.1) is 0 Å². The summed E-state index contributed by atoms with van der Waals surface area (Å²) in [5.74, 6) is -0.327. The average Bonchev–Trinajstić information content (AvgIpc) is 3.27. The van der Waals surface area contributed by atoms with E-state index in [1.54, 1.807) is 0 Å². The predicted molar refractivity (Wildman–Crippen MR) is 103 cm³/mol. The molecule has 29 heavy (non-hydrogen) atoms. The number of pyridine rings is 1. The molecule has 8 heteroatoms.